The van der Waals surface area contributed by atoms with E-state index in [1.807, 2.05) is 11.8 Å². The summed E-state index contributed by atoms with van der Waals surface area (Å²) in [7, 11) is 0. The monoisotopic (exact) mass is 404 g/mol. The molecule has 29 heavy (non-hydrogen) atoms. The number of carbonyl (C=O) groups is 1. The number of hydrogen-bond acceptors (Lipinski definition) is 4. The first-order valence-electron chi connectivity index (χ1n) is 9.89. The van der Waals surface area contributed by atoms with Gasteiger partial charge in [0.25, 0.3) is 0 Å². The smallest absolute Gasteiger partial charge is 0.337 e. The maximum atomic E-state index is 11.4. The minimum Gasteiger partial charge on any atom is -0.478 e. The average molecular weight is 405 g/mol. The molecule has 0 saturated heterocycles. The fourth-order valence-corrected chi connectivity index (χ4v) is 4.89. The summed E-state index contributed by atoms with van der Waals surface area (Å²) in [5.41, 5.74) is 4.92. The van der Waals surface area contributed by atoms with Crippen molar-refractivity contribution in [2.75, 3.05) is 11.9 Å². The van der Waals surface area contributed by atoms with Crippen LogP contribution in [-0.2, 0) is 6.42 Å². The number of hydrogen-bond donors (Lipinski definition) is 2. The first-order chi connectivity index (χ1) is 14.1. The van der Waals surface area contributed by atoms with Crippen LogP contribution in [0.2, 0.25) is 0 Å². The SMILES string of the molecule is Cc1ccccc1Sc1ccc2c(c1)CCCC2CNc1cnccc1C(=O)O. The van der Waals surface area contributed by atoms with Crippen LogP contribution in [0.1, 0.15) is 45.8 Å². The highest BCUT2D eigenvalue weighted by Gasteiger charge is 2.21. The van der Waals surface area contributed by atoms with E-state index in [4.69, 9.17) is 0 Å². The molecule has 3 aromatic rings. The lowest BCUT2D eigenvalue weighted by Crippen LogP contribution is -2.19. The number of fused-ring (bicyclic) bond motifs is 1. The molecule has 0 fully saturated rings. The van der Waals surface area contributed by atoms with E-state index < -0.39 is 5.97 Å². The van der Waals surface area contributed by atoms with Crippen molar-refractivity contribution in [2.45, 2.75) is 41.9 Å². The molecule has 4 nitrogen and oxygen atoms in total. The van der Waals surface area contributed by atoms with E-state index >= 15 is 0 Å². The minimum absolute atomic E-state index is 0.265. The summed E-state index contributed by atoms with van der Waals surface area (Å²) in [6, 6.07) is 16.8. The van der Waals surface area contributed by atoms with Crippen molar-refractivity contribution in [3.63, 3.8) is 0 Å². The quantitative estimate of drug-likeness (QED) is 0.546. The number of benzene rings is 2. The third-order valence-corrected chi connectivity index (χ3v) is 6.63. The van der Waals surface area contributed by atoms with Crippen molar-refractivity contribution < 1.29 is 9.90 Å². The number of aryl methyl sites for hydroxylation is 2. The molecule has 0 bridgehead atoms. The summed E-state index contributed by atoms with van der Waals surface area (Å²) in [6.07, 6.45) is 6.46. The summed E-state index contributed by atoms with van der Waals surface area (Å²) >= 11 is 1.81. The molecule has 0 radical (unpaired) electrons. The zero-order valence-corrected chi connectivity index (χ0v) is 17.2. The number of aromatic nitrogens is 1. The number of carboxylic acids is 1. The van der Waals surface area contributed by atoms with Crippen LogP contribution in [0.4, 0.5) is 5.69 Å². The van der Waals surface area contributed by atoms with E-state index in [1.165, 1.54) is 38.7 Å². The van der Waals surface area contributed by atoms with Gasteiger partial charge in [0, 0.05) is 28.5 Å². The molecule has 1 aliphatic carbocycles. The van der Waals surface area contributed by atoms with E-state index in [0.717, 1.165) is 19.3 Å². The van der Waals surface area contributed by atoms with Gasteiger partial charge in [-0.15, -0.1) is 0 Å². The minimum atomic E-state index is -0.934. The highest BCUT2D eigenvalue weighted by Crippen LogP contribution is 2.37. The van der Waals surface area contributed by atoms with Crippen LogP contribution in [0.25, 0.3) is 0 Å². The normalized spacial score (nSPS) is 15.6. The Hall–Kier alpha value is -2.79. The second-order valence-corrected chi connectivity index (χ2v) is 8.54. The molecule has 0 amide bonds. The molecule has 0 spiro atoms. The van der Waals surface area contributed by atoms with Gasteiger partial charge in [-0.1, -0.05) is 36.0 Å². The molecular formula is C24H24N2O2S. The summed E-state index contributed by atoms with van der Waals surface area (Å²) in [4.78, 5) is 18.0. The Morgan fingerprint density at radius 3 is 2.93 bits per heavy atom. The van der Waals surface area contributed by atoms with Gasteiger partial charge < -0.3 is 10.4 Å². The van der Waals surface area contributed by atoms with Gasteiger partial charge in [0.1, 0.15) is 0 Å². The summed E-state index contributed by atoms with van der Waals surface area (Å²) < 4.78 is 0. The van der Waals surface area contributed by atoms with Crippen LogP contribution in [0.15, 0.2) is 70.7 Å². The van der Waals surface area contributed by atoms with Crippen LogP contribution in [0.3, 0.4) is 0 Å². The molecule has 0 aliphatic heterocycles. The lowest BCUT2D eigenvalue weighted by atomic mass is 9.83. The molecule has 2 N–H and O–H groups in total. The number of nitrogens with zero attached hydrogens (tertiary/aromatic N) is 1. The highest BCUT2D eigenvalue weighted by atomic mass is 32.2. The fourth-order valence-electron chi connectivity index (χ4n) is 3.92. The van der Waals surface area contributed by atoms with Crippen LogP contribution < -0.4 is 5.32 Å². The van der Waals surface area contributed by atoms with Crippen molar-refractivity contribution in [3.8, 4) is 0 Å². The van der Waals surface area contributed by atoms with Crippen molar-refractivity contribution in [2.24, 2.45) is 0 Å². The maximum Gasteiger partial charge on any atom is 0.337 e. The Morgan fingerprint density at radius 2 is 2.10 bits per heavy atom. The van der Waals surface area contributed by atoms with E-state index in [2.05, 4.69) is 59.7 Å². The first-order valence-corrected chi connectivity index (χ1v) is 10.7. The lowest BCUT2D eigenvalue weighted by Gasteiger charge is -2.27. The second kappa shape index (κ2) is 8.70. The number of anilines is 1. The van der Waals surface area contributed by atoms with Gasteiger partial charge in [0.2, 0.25) is 0 Å². The van der Waals surface area contributed by atoms with E-state index in [0.29, 0.717) is 18.2 Å². The molecule has 1 aromatic heterocycles. The first kappa shape index (κ1) is 19.5. The number of pyridine rings is 1. The maximum absolute atomic E-state index is 11.4. The molecule has 0 saturated carbocycles. The van der Waals surface area contributed by atoms with Gasteiger partial charge in [-0.3, -0.25) is 4.98 Å². The second-order valence-electron chi connectivity index (χ2n) is 7.42. The summed E-state index contributed by atoms with van der Waals surface area (Å²) in [5.74, 6) is -0.560. The summed E-state index contributed by atoms with van der Waals surface area (Å²) in [5, 5.41) is 12.7. The topological polar surface area (TPSA) is 62.2 Å². The van der Waals surface area contributed by atoms with Gasteiger partial charge in [-0.2, -0.15) is 0 Å². The van der Waals surface area contributed by atoms with Crippen molar-refractivity contribution >= 4 is 23.4 Å². The number of aromatic carboxylic acids is 1. The van der Waals surface area contributed by atoms with E-state index in [-0.39, 0.29) is 5.56 Å². The zero-order chi connectivity index (χ0) is 20.2. The van der Waals surface area contributed by atoms with Gasteiger partial charge in [-0.05, 0) is 67.1 Å². The Labute approximate surface area is 175 Å². The molecule has 1 unspecified atom stereocenters. The van der Waals surface area contributed by atoms with Gasteiger partial charge in [-0.25, -0.2) is 4.79 Å². The van der Waals surface area contributed by atoms with Gasteiger partial charge >= 0.3 is 5.97 Å². The van der Waals surface area contributed by atoms with Crippen molar-refractivity contribution in [1.82, 2.24) is 4.98 Å². The molecule has 1 atom stereocenters. The predicted molar refractivity (Wildman–Crippen MR) is 117 cm³/mol. The predicted octanol–water partition coefficient (Wildman–Crippen LogP) is 5.77. The fraction of sp³-hybridized carbons (Fsp3) is 0.250. The highest BCUT2D eigenvalue weighted by molar-refractivity contribution is 7.99. The van der Waals surface area contributed by atoms with Crippen LogP contribution >= 0.6 is 11.8 Å². The third-order valence-electron chi connectivity index (χ3n) is 5.46. The molecule has 148 valence electrons. The van der Waals surface area contributed by atoms with Gasteiger partial charge in [0.15, 0.2) is 0 Å². The Bertz CT molecular complexity index is 1030. The zero-order valence-electron chi connectivity index (χ0n) is 16.4. The van der Waals surface area contributed by atoms with Crippen LogP contribution in [0, 0.1) is 6.92 Å². The molecular weight excluding hydrogens is 380 g/mol. The van der Waals surface area contributed by atoms with Crippen LogP contribution in [0.5, 0.6) is 0 Å². The van der Waals surface area contributed by atoms with Crippen molar-refractivity contribution in [1.29, 1.82) is 0 Å². The summed E-state index contributed by atoms with van der Waals surface area (Å²) in [6.45, 7) is 2.86. The number of carboxylic acid groups (broad SMARTS) is 1. The molecule has 4 rings (SSSR count). The Balaban J connectivity index is 1.50. The van der Waals surface area contributed by atoms with Gasteiger partial charge in [0.05, 0.1) is 17.4 Å². The number of nitrogens with one attached hydrogen (secondary N) is 1. The molecule has 2 aromatic carbocycles. The largest absolute Gasteiger partial charge is 0.478 e. The Morgan fingerprint density at radius 1 is 1.24 bits per heavy atom. The van der Waals surface area contributed by atoms with Crippen molar-refractivity contribution in [3.05, 3.63) is 83.2 Å². The Kier molecular flexibility index (Phi) is 5.86. The standard InChI is InChI=1S/C24H24N2O2S/c1-16-5-2-3-8-23(16)29-19-9-10-20-17(13-19)6-4-7-18(20)14-26-22-15-25-12-11-21(22)24(27)28/h2-3,5,8-13,15,18,26H,4,6-7,14H2,1H3,(H,27,28). The molecule has 5 heteroatoms. The lowest BCUT2D eigenvalue weighted by molar-refractivity contribution is 0.0698. The van der Waals surface area contributed by atoms with E-state index in [9.17, 15) is 9.90 Å². The molecule has 1 heterocycles. The molecule has 1 aliphatic rings. The number of rotatable bonds is 6. The average Bonchev–Trinajstić information content (AvgIpc) is 2.74. The van der Waals surface area contributed by atoms with E-state index in [1.54, 1.807) is 6.20 Å². The van der Waals surface area contributed by atoms with Crippen LogP contribution in [-0.4, -0.2) is 22.6 Å². The third kappa shape index (κ3) is 4.46.